The van der Waals surface area contributed by atoms with Crippen molar-refractivity contribution >= 4 is 23.1 Å². The number of hydrogen-bond donors (Lipinski definition) is 0. The van der Waals surface area contributed by atoms with Gasteiger partial charge in [-0.3, -0.25) is 4.79 Å². The average molecular weight is 294 g/mol. The number of carbonyl (C=O) groups is 1. The van der Waals surface area contributed by atoms with Crippen molar-refractivity contribution in [2.24, 2.45) is 5.41 Å². The first-order valence-corrected chi connectivity index (χ1v) is 7.94. The molecular weight excluding hydrogens is 270 g/mol. The number of halogens is 1. The quantitative estimate of drug-likeness (QED) is 0.732. The number of benzene rings is 1. The van der Waals surface area contributed by atoms with Crippen LogP contribution >= 0.6 is 11.6 Å². The number of rotatable bonds is 4. The fraction of sp³-hybridized carbons (Fsp3) is 0.588. The second kappa shape index (κ2) is 6.17. The molecule has 1 aromatic rings. The Balaban J connectivity index is 2.11. The summed E-state index contributed by atoms with van der Waals surface area (Å²) in [6.07, 6.45) is 5.01. The van der Waals surface area contributed by atoms with Gasteiger partial charge in [0.25, 0.3) is 0 Å². The zero-order valence-electron chi connectivity index (χ0n) is 12.7. The highest BCUT2D eigenvalue weighted by Gasteiger charge is 2.31. The minimum absolute atomic E-state index is 0.0242. The molecule has 0 unspecified atom stereocenters. The summed E-state index contributed by atoms with van der Waals surface area (Å²) in [5.74, 6) is 0.0242. The van der Waals surface area contributed by atoms with Crippen molar-refractivity contribution in [1.29, 1.82) is 0 Å². The number of ketones is 1. The Hall–Kier alpha value is -1.02. The van der Waals surface area contributed by atoms with Gasteiger partial charge in [-0.05, 0) is 43.4 Å². The minimum atomic E-state index is 0.0242. The van der Waals surface area contributed by atoms with Crippen LogP contribution in [0.3, 0.4) is 0 Å². The van der Waals surface area contributed by atoms with E-state index in [2.05, 4.69) is 18.7 Å². The highest BCUT2D eigenvalue weighted by atomic mass is 35.5. The zero-order chi connectivity index (χ0) is 14.8. The Labute approximate surface area is 127 Å². The topological polar surface area (TPSA) is 20.3 Å². The van der Waals surface area contributed by atoms with Crippen LogP contribution in [0.2, 0.25) is 5.02 Å². The number of hydrogen-bond acceptors (Lipinski definition) is 2. The van der Waals surface area contributed by atoms with Crippen LogP contribution in [-0.4, -0.2) is 18.9 Å². The number of Topliss-reactive ketones (excluding diaryl/α,β-unsaturated/α-hetero) is 1. The Bertz CT molecular complexity index is 484. The molecule has 0 spiro atoms. The summed E-state index contributed by atoms with van der Waals surface area (Å²) in [4.78, 5) is 13.8. The summed E-state index contributed by atoms with van der Waals surface area (Å²) in [7, 11) is 0. The van der Waals surface area contributed by atoms with E-state index >= 15 is 0 Å². The van der Waals surface area contributed by atoms with Crippen LogP contribution in [0.25, 0.3) is 0 Å². The van der Waals surface area contributed by atoms with Crippen molar-refractivity contribution < 1.29 is 4.79 Å². The molecule has 2 nitrogen and oxygen atoms in total. The molecule has 0 atom stereocenters. The maximum Gasteiger partial charge on any atom is 0.161 e. The van der Waals surface area contributed by atoms with Crippen molar-refractivity contribution in [3.05, 3.63) is 28.8 Å². The van der Waals surface area contributed by atoms with E-state index in [1.165, 1.54) is 25.7 Å². The van der Waals surface area contributed by atoms with Gasteiger partial charge in [0.1, 0.15) is 0 Å². The van der Waals surface area contributed by atoms with Crippen molar-refractivity contribution in [2.75, 3.05) is 18.0 Å². The van der Waals surface area contributed by atoms with Gasteiger partial charge in [0.2, 0.25) is 0 Å². The molecule has 1 aliphatic rings. The van der Waals surface area contributed by atoms with E-state index < -0.39 is 0 Å². The van der Waals surface area contributed by atoms with Gasteiger partial charge in [0.05, 0.1) is 5.02 Å². The van der Waals surface area contributed by atoms with E-state index in [9.17, 15) is 4.79 Å². The summed E-state index contributed by atoms with van der Waals surface area (Å²) in [5.41, 5.74) is 2.28. The Kier molecular flexibility index (Phi) is 4.74. The summed E-state index contributed by atoms with van der Waals surface area (Å²) in [6.45, 7) is 8.32. The molecule has 0 N–H and O–H groups in total. The molecule has 0 amide bonds. The van der Waals surface area contributed by atoms with Crippen molar-refractivity contribution in [2.45, 2.75) is 46.5 Å². The van der Waals surface area contributed by atoms with Gasteiger partial charge < -0.3 is 4.90 Å². The summed E-state index contributed by atoms with van der Waals surface area (Å²) < 4.78 is 0. The lowest BCUT2D eigenvalue weighted by Crippen LogP contribution is -2.39. The van der Waals surface area contributed by atoms with E-state index in [1.807, 2.05) is 18.2 Å². The molecule has 0 aliphatic carbocycles. The van der Waals surface area contributed by atoms with E-state index in [4.69, 9.17) is 11.6 Å². The zero-order valence-corrected chi connectivity index (χ0v) is 13.5. The van der Waals surface area contributed by atoms with Gasteiger partial charge in [0.15, 0.2) is 5.78 Å². The highest BCUT2D eigenvalue weighted by molar-refractivity contribution is 6.34. The van der Waals surface area contributed by atoms with Gasteiger partial charge in [-0.15, -0.1) is 0 Å². The van der Waals surface area contributed by atoms with Crippen LogP contribution in [0.15, 0.2) is 18.2 Å². The summed E-state index contributed by atoms with van der Waals surface area (Å²) in [5, 5.41) is 0.567. The summed E-state index contributed by atoms with van der Waals surface area (Å²) in [6, 6.07) is 5.80. The second-order valence-electron chi connectivity index (χ2n) is 5.91. The molecule has 1 aliphatic heterocycles. The van der Waals surface area contributed by atoms with Crippen molar-refractivity contribution in [3.8, 4) is 0 Å². The van der Waals surface area contributed by atoms with Crippen LogP contribution in [0.1, 0.15) is 56.8 Å². The first-order chi connectivity index (χ1) is 9.51. The molecule has 0 aromatic heterocycles. The first-order valence-electron chi connectivity index (χ1n) is 7.57. The van der Waals surface area contributed by atoms with Gasteiger partial charge in [0, 0.05) is 24.3 Å². The molecule has 0 radical (unpaired) electrons. The number of nitrogens with zero attached hydrogens (tertiary/aromatic N) is 1. The molecule has 1 heterocycles. The normalized spacial score (nSPS) is 18.1. The number of carbonyl (C=O) groups excluding carboxylic acids is 1. The summed E-state index contributed by atoms with van der Waals surface area (Å²) >= 11 is 6.21. The first kappa shape index (κ1) is 15.4. The average Bonchev–Trinajstić information content (AvgIpc) is 2.47. The number of piperidine rings is 1. The van der Waals surface area contributed by atoms with E-state index in [1.54, 1.807) is 6.92 Å². The predicted molar refractivity (Wildman–Crippen MR) is 85.9 cm³/mol. The van der Waals surface area contributed by atoms with Gasteiger partial charge in [-0.2, -0.15) is 0 Å². The van der Waals surface area contributed by atoms with Gasteiger partial charge in [-0.1, -0.05) is 38.3 Å². The molecule has 1 aromatic carbocycles. The Morgan fingerprint density at radius 1 is 1.25 bits per heavy atom. The van der Waals surface area contributed by atoms with E-state index in [-0.39, 0.29) is 5.78 Å². The van der Waals surface area contributed by atoms with E-state index in [0.717, 1.165) is 18.8 Å². The maximum atomic E-state index is 11.4. The van der Waals surface area contributed by atoms with Crippen LogP contribution in [0.5, 0.6) is 0 Å². The third-order valence-electron chi connectivity index (χ3n) is 5.02. The fourth-order valence-electron chi connectivity index (χ4n) is 3.18. The molecule has 20 heavy (non-hydrogen) atoms. The van der Waals surface area contributed by atoms with Crippen molar-refractivity contribution in [1.82, 2.24) is 0 Å². The monoisotopic (exact) mass is 293 g/mol. The lowest BCUT2D eigenvalue weighted by molar-refractivity contribution is 0.101. The third-order valence-corrected chi connectivity index (χ3v) is 5.33. The van der Waals surface area contributed by atoms with Crippen LogP contribution in [0, 0.1) is 5.41 Å². The predicted octanol–water partition coefficient (Wildman–Crippen LogP) is 4.95. The highest BCUT2D eigenvalue weighted by Crippen LogP contribution is 2.39. The molecule has 2 rings (SSSR count). The third kappa shape index (κ3) is 3.01. The molecule has 0 bridgehead atoms. The lowest BCUT2D eigenvalue weighted by Gasteiger charge is -2.42. The standard InChI is InChI=1S/C17H24ClNO/c1-4-17(5-2)8-10-19(11-9-17)14-6-7-15(13(3)20)16(18)12-14/h6-7,12H,4-5,8-11H2,1-3H3. The SMILES string of the molecule is CCC1(CC)CCN(c2ccc(C(C)=O)c(Cl)c2)CC1. The molecule has 110 valence electrons. The second-order valence-corrected chi connectivity index (χ2v) is 6.32. The van der Waals surface area contributed by atoms with Gasteiger partial charge in [-0.25, -0.2) is 0 Å². The van der Waals surface area contributed by atoms with Gasteiger partial charge >= 0.3 is 0 Å². The number of anilines is 1. The molecule has 1 saturated heterocycles. The van der Waals surface area contributed by atoms with E-state index in [0.29, 0.717) is 16.0 Å². The maximum absolute atomic E-state index is 11.4. The minimum Gasteiger partial charge on any atom is -0.371 e. The molecule has 0 saturated carbocycles. The van der Waals surface area contributed by atoms with Crippen LogP contribution in [0.4, 0.5) is 5.69 Å². The van der Waals surface area contributed by atoms with Crippen molar-refractivity contribution in [3.63, 3.8) is 0 Å². The van der Waals surface area contributed by atoms with Crippen LogP contribution < -0.4 is 4.90 Å². The Morgan fingerprint density at radius 2 is 1.85 bits per heavy atom. The van der Waals surface area contributed by atoms with Crippen LogP contribution in [-0.2, 0) is 0 Å². The molecule has 1 fully saturated rings. The smallest absolute Gasteiger partial charge is 0.161 e. The largest absolute Gasteiger partial charge is 0.371 e. The lowest BCUT2D eigenvalue weighted by atomic mass is 9.74. The fourth-order valence-corrected chi connectivity index (χ4v) is 3.49. The Morgan fingerprint density at radius 3 is 2.30 bits per heavy atom. The molecular formula is C17H24ClNO. The molecule has 3 heteroatoms.